The van der Waals surface area contributed by atoms with Crippen molar-refractivity contribution in [1.29, 1.82) is 0 Å². The Labute approximate surface area is 304 Å². The minimum absolute atomic E-state index is 0.637. The van der Waals surface area contributed by atoms with Crippen LogP contribution in [0, 0.1) is 0 Å². The van der Waals surface area contributed by atoms with Crippen molar-refractivity contribution in [1.82, 2.24) is 24.3 Å². The lowest BCUT2D eigenvalue weighted by molar-refractivity contribution is 1.07. The molecule has 6 heteroatoms. The summed E-state index contributed by atoms with van der Waals surface area (Å²) >= 11 is 1.84. The van der Waals surface area contributed by atoms with Crippen LogP contribution < -0.4 is 0 Å². The summed E-state index contributed by atoms with van der Waals surface area (Å²) in [6, 6.07) is 58.9. The van der Waals surface area contributed by atoms with Crippen molar-refractivity contribution in [3.8, 4) is 67.8 Å². The van der Waals surface area contributed by atoms with E-state index >= 15 is 0 Å². The van der Waals surface area contributed by atoms with Gasteiger partial charge < -0.3 is 0 Å². The molecular formula is C46H29N5S. The number of hydrogen-bond donors (Lipinski definition) is 0. The van der Waals surface area contributed by atoms with Crippen LogP contribution in [0.25, 0.3) is 93.6 Å². The van der Waals surface area contributed by atoms with Gasteiger partial charge in [0.25, 0.3) is 0 Å². The second kappa shape index (κ2) is 12.5. The average Bonchev–Trinajstić information content (AvgIpc) is 3.80. The number of benzene rings is 6. The molecular weight excluding hydrogens is 655 g/mol. The van der Waals surface area contributed by atoms with Gasteiger partial charge in [-0.2, -0.15) is 0 Å². The van der Waals surface area contributed by atoms with Crippen LogP contribution in [0.5, 0.6) is 0 Å². The van der Waals surface area contributed by atoms with Gasteiger partial charge >= 0.3 is 0 Å². The van der Waals surface area contributed by atoms with Crippen molar-refractivity contribution in [3.05, 3.63) is 176 Å². The molecule has 6 aromatic carbocycles. The third-order valence-electron chi connectivity index (χ3n) is 9.49. The summed E-state index contributed by atoms with van der Waals surface area (Å²) in [5.74, 6) is 1.94. The van der Waals surface area contributed by atoms with Gasteiger partial charge in [-0.1, -0.05) is 140 Å². The Morgan fingerprint density at radius 2 is 0.923 bits per heavy atom. The minimum Gasteiger partial charge on any atom is -0.299 e. The smallest absolute Gasteiger partial charge is 0.164 e. The summed E-state index contributed by atoms with van der Waals surface area (Å²) < 4.78 is 4.78. The SMILES string of the molecule is c1ccc(-c2nc(-c3ccccc3)nc(-c3ccc(-c4cccc(-c5nc6ccccn6c5-c5ccc6c(c5)sc5ccccc56)c4)cc3)n2)cc1. The van der Waals surface area contributed by atoms with Crippen LogP contribution in [0.1, 0.15) is 0 Å². The number of hydrogen-bond acceptors (Lipinski definition) is 5. The lowest BCUT2D eigenvalue weighted by Crippen LogP contribution is -2.00. The Balaban J connectivity index is 1.04. The number of pyridine rings is 1. The molecule has 0 spiro atoms. The van der Waals surface area contributed by atoms with Gasteiger partial charge in [-0.3, -0.25) is 4.40 Å². The van der Waals surface area contributed by atoms with E-state index in [2.05, 4.69) is 114 Å². The molecule has 5 nitrogen and oxygen atoms in total. The van der Waals surface area contributed by atoms with Gasteiger partial charge in [0, 0.05) is 54.2 Å². The summed E-state index contributed by atoms with van der Waals surface area (Å²) in [4.78, 5) is 19.9. The number of aromatic nitrogens is 5. The van der Waals surface area contributed by atoms with E-state index in [1.165, 1.54) is 20.2 Å². The second-order valence-electron chi connectivity index (χ2n) is 12.7. The maximum atomic E-state index is 5.18. The highest BCUT2D eigenvalue weighted by molar-refractivity contribution is 7.25. The third kappa shape index (κ3) is 5.34. The van der Waals surface area contributed by atoms with Crippen LogP contribution in [0.4, 0.5) is 0 Å². The molecule has 0 saturated heterocycles. The highest BCUT2D eigenvalue weighted by atomic mass is 32.1. The number of fused-ring (bicyclic) bond motifs is 4. The maximum absolute atomic E-state index is 5.18. The molecule has 4 heterocycles. The van der Waals surface area contributed by atoms with E-state index < -0.39 is 0 Å². The van der Waals surface area contributed by atoms with E-state index in [0.717, 1.165) is 56.0 Å². The fourth-order valence-electron chi connectivity index (χ4n) is 6.94. The molecule has 0 fully saturated rings. The molecule has 0 aliphatic rings. The van der Waals surface area contributed by atoms with E-state index in [-0.39, 0.29) is 0 Å². The first kappa shape index (κ1) is 30.1. The number of nitrogens with zero attached hydrogens (tertiary/aromatic N) is 5. The summed E-state index contributed by atoms with van der Waals surface area (Å²) in [6.07, 6.45) is 2.10. The Kier molecular flexibility index (Phi) is 7.25. The predicted molar refractivity (Wildman–Crippen MR) is 214 cm³/mol. The van der Waals surface area contributed by atoms with Crippen LogP contribution in [0.2, 0.25) is 0 Å². The van der Waals surface area contributed by atoms with Gasteiger partial charge in [0.1, 0.15) is 5.65 Å². The zero-order valence-electron chi connectivity index (χ0n) is 27.9. The Morgan fingerprint density at radius 1 is 0.365 bits per heavy atom. The van der Waals surface area contributed by atoms with Gasteiger partial charge in [-0.15, -0.1) is 11.3 Å². The first-order valence-corrected chi connectivity index (χ1v) is 18.0. The molecule has 0 unspecified atom stereocenters. The van der Waals surface area contributed by atoms with Gasteiger partial charge in [0.2, 0.25) is 0 Å². The monoisotopic (exact) mass is 683 g/mol. The third-order valence-corrected chi connectivity index (χ3v) is 10.6. The Hall–Kier alpha value is -6.76. The normalized spacial score (nSPS) is 11.5. The molecule has 0 bridgehead atoms. The van der Waals surface area contributed by atoms with Crippen molar-refractivity contribution >= 4 is 37.2 Å². The zero-order chi connectivity index (χ0) is 34.4. The number of rotatable bonds is 6. The molecule has 0 atom stereocenters. The largest absolute Gasteiger partial charge is 0.299 e. The number of imidazole rings is 1. The zero-order valence-corrected chi connectivity index (χ0v) is 28.7. The van der Waals surface area contributed by atoms with E-state index in [1.54, 1.807) is 0 Å². The lowest BCUT2D eigenvalue weighted by atomic mass is 9.98. The van der Waals surface area contributed by atoms with E-state index in [1.807, 2.05) is 78.1 Å². The lowest BCUT2D eigenvalue weighted by Gasteiger charge is -2.10. The Bertz CT molecular complexity index is 2840. The molecule has 0 N–H and O–H groups in total. The van der Waals surface area contributed by atoms with Crippen molar-refractivity contribution in [2.24, 2.45) is 0 Å². The first-order chi connectivity index (χ1) is 25.7. The molecule has 0 amide bonds. The van der Waals surface area contributed by atoms with Crippen LogP contribution in [0.3, 0.4) is 0 Å². The molecule has 52 heavy (non-hydrogen) atoms. The van der Waals surface area contributed by atoms with Crippen LogP contribution in [-0.4, -0.2) is 24.3 Å². The van der Waals surface area contributed by atoms with Gasteiger partial charge in [-0.25, -0.2) is 19.9 Å². The van der Waals surface area contributed by atoms with E-state index in [9.17, 15) is 0 Å². The second-order valence-corrected chi connectivity index (χ2v) is 13.8. The molecule has 0 aliphatic carbocycles. The van der Waals surface area contributed by atoms with Crippen molar-refractivity contribution in [3.63, 3.8) is 0 Å². The van der Waals surface area contributed by atoms with Crippen molar-refractivity contribution in [2.45, 2.75) is 0 Å². The van der Waals surface area contributed by atoms with Crippen molar-refractivity contribution < 1.29 is 0 Å². The van der Waals surface area contributed by atoms with Crippen LogP contribution >= 0.6 is 11.3 Å². The van der Waals surface area contributed by atoms with Crippen molar-refractivity contribution in [2.75, 3.05) is 0 Å². The first-order valence-electron chi connectivity index (χ1n) is 17.2. The highest BCUT2D eigenvalue weighted by Crippen LogP contribution is 2.40. The van der Waals surface area contributed by atoms with Gasteiger partial charge in [0.15, 0.2) is 17.5 Å². The summed E-state index contributed by atoms with van der Waals surface area (Å²) in [5.41, 5.74) is 10.2. The minimum atomic E-state index is 0.637. The quantitative estimate of drug-likeness (QED) is 0.175. The standard InChI is InChI=1S/C46H29N5S/c1-3-12-31(13-4-1)44-48-45(32-14-5-2-6-15-32)50-46(49-44)33-23-21-30(22-24-33)34-16-11-17-35(28-34)42-43(51-27-10-9-20-41(51)47-42)36-25-26-38-37-18-7-8-19-39(37)52-40(38)29-36/h1-29H. The summed E-state index contributed by atoms with van der Waals surface area (Å²) in [5, 5.41) is 2.59. The summed E-state index contributed by atoms with van der Waals surface area (Å²) in [6.45, 7) is 0. The molecule has 0 saturated carbocycles. The number of thiophene rings is 1. The molecule has 4 aromatic heterocycles. The maximum Gasteiger partial charge on any atom is 0.164 e. The topological polar surface area (TPSA) is 56.0 Å². The predicted octanol–water partition coefficient (Wildman–Crippen LogP) is 11.9. The fourth-order valence-corrected chi connectivity index (χ4v) is 8.09. The molecule has 10 rings (SSSR count). The van der Waals surface area contributed by atoms with Gasteiger partial charge in [-0.05, 0) is 41.5 Å². The average molecular weight is 684 g/mol. The fraction of sp³-hybridized carbons (Fsp3) is 0. The molecule has 244 valence electrons. The van der Waals surface area contributed by atoms with Crippen LogP contribution in [-0.2, 0) is 0 Å². The van der Waals surface area contributed by atoms with E-state index in [4.69, 9.17) is 19.9 Å². The summed E-state index contributed by atoms with van der Waals surface area (Å²) in [7, 11) is 0. The molecule has 0 radical (unpaired) electrons. The van der Waals surface area contributed by atoms with E-state index in [0.29, 0.717) is 17.5 Å². The molecule has 10 aromatic rings. The molecule has 0 aliphatic heterocycles. The van der Waals surface area contributed by atoms with Crippen LogP contribution in [0.15, 0.2) is 176 Å². The van der Waals surface area contributed by atoms with Gasteiger partial charge in [0.05, 0.1) is 11.4 Å². The highest BCUT2D eigenvalue weighted by Gasteiger charge is 2.18. The Morgan fingerprint density at radius 3 is 1.65 bits per heavy atom.